The summed E-state index contributed by atoms with van der Waals surface area (Å²) in [4.78, 5) is 26.4. The lowest BCUT2D eigenvalue weighted by Crippen LogP contribution is -2.49. The number of anilines is 1. The van der Waals surface area contributed by atoms with Gasteiger partial charge >= 0.3 is 0 Å². The highest BCUT2D eigenvalue weighted by molar-refractivity contribution is 6.00. The number of pyridine rings is 1. The normalized spacial score (nSPS) is 13.9. The number of nitrogens with zero attached hydrogens (tertiary/aromatic N) is 4. The molecule has 6 nitrogen and oxygen atoms in total. The SMILES string of the molecule is Cc1ccc(-c2cnc(-c3ccccc3C(=O)N3CCN(c4ccccn4)CC3)o2)cc1. The molecule has 2 aromatic carbocycles. The molecule has 1 aliphatic rings. The van der Waals surface area contributed by atoms with Crippen LogP contribution in [-0.4, -0.2) is 47.0 Å². The number of carbonyl (C=O) groups excluding carboxylic acids is 1. The molecular weight excluding hydrogens is 400 g/mol. The molecular formula is C26H24N4O2. The van der Waals surface area contributed by atoms with Crippen LogP contribution in [0.3, 0.4) is 0 Å². The molecule has 160 valence electrons. The van der Waals surface area contributed by atoms with E-state index in [1.807, 2.05) is 78.6 Å². The summed E-state index contributed by atoms with van der Waals surface area (Å²) in [5.41, 5.74) is 3.47. The second-order valence-corrected chi connectivity index (χ2v) is 7.91. The maximum absolute atomic E-state index is 13.4. The van der Waals surface area contributed by atoms with E-state index < -0.39 is 0 Å². The molecule has 0 saturated carbocycles. The Labute approximate surface area is 187 Å². The number of piperazine rings is 1. The van der Waals surface area contributed by atoms with Crippen molar-refractivity contribution in [2.75, 3.05) is 31.1 Å². The molecule has 5 rings (SSSR count). The van der Waals surface area contributed by atoms with Gasteiger partial charge in [-0.15, -0.1) is 0 Å². The molecule has 0 aliphatic carbocycles. The van der Waals surface area contributed by atoms with Crippen molar-refractivity contribution >= 4 is 11.7 Å². The van der Waals surface area contributed by atoms with Gasteiger partial charge in [0.05, 0.1) is 11.8 Å². The highest BCUT2D eigenvalue weighted by atomic mass is 16.4. The first kappa shape index (κ1) is 20.0. The third kappa shape index (κ3) is 3.99. The second-order valence-electron chi connectivity index (χ2n) is 7.91. The second kappa shape index (κ2) is 8.67. The Hall–Kier alpha value is -3.93. The Morgan fingerprint density at radius 1 is 0.875 bits per heavy atom. The highest BCUT2D eigenvalue weighted by Crippen LogP contribution is 2.29. The Morgan fingerprint density at radius 2 is 1.62 bits per heavy atom. The fourth-order valence-corrected chi connectivity index (χ4v) is 3.96. The van der Waals surface area contributed by atoms with Gasteiger partial charge in [0.25, 0.3) is 5.91 Å². The summed E-state index contributed by atoms with van der Waals surface area (Å²) in [7, 11) is 0. The maximum Gasteiger partial charge on any atom is 0.254 e. The van der Waals surface area contributed by atoms with E-state index in [1.165, 1.54) is 5.56 Å². The van der Waals surface area contributed by atoms with Crippen molar-refractivity contribution in [2.45, 2.75) is 6.92 Å². The van der Waals surface area contributed by atoms with E-state index in [9.17, 15) is 4.79 Å². The minimum atomic E-state index is -0.00337. The van der Waals surface area contributed by atoms with Crippen molar-refractivity contribution in [3.8, 4) is 22.8 Å². The number of benzene rings is 2. The van der Waals surface area contributed by atoms with Crippen molar-refractivity contribution in [1.82, 2.24) is 14.9 Å². The van der Waals surface area contributed by atoms with Crippen LogP contribution < -0.4 is 4.90 Å². The van der Waals surface area contributed by atoms with E-state index in [2.05, 4.69) is 14.9 Å². The van der Waals surface area contributed by atoms with Crippen LogP contribution in [0.25, 0.3) is 22.8 Å². The number of rotatable bonds is 4. The number of aryl methyl sites for hydroxylation is 1. The quantitative estimate of drug-likeness (QED) is 0.476. The maximum atomic E-state index is 13.4. The number of amides is 1. The average Bonchev–Trinajstić information content (AvgIpc) is 3.35. The zero-order valence-electron chi connectivity index (χ0n) is 17.9. The molecule has 0 radical (unpaired) electrons. The fourth-order valence-electron chi connectivity index (χ4n) is 3.96. The van der Waals surface area contributed by atoms with E-state index in [0.717, 1.165) is 24.5 Å². The Bertz CT molecular complexity index is 1210. The monoisotopic (exact) mass is 424 g/mol. The van der Waals surface area contributed by atoms with Crippen molar-refractivity contribution in [3.05, 3.63) is 90.3 Å². The molecule has 1 saturated heterocycles. The summed E-state index contributed by atoms with van der Waals surface area (Å²) in [6.07, 6.45) is 3.51. The number of aromatic nitrogens is 2. The van der Waals surface area contributed by atoms with Gasteiger partial charge in [-0.2, -0.15) is 0 Å². The molecule has 0 unspecified atom stereocenters. The first-order valence-corrected chi connectivity index (χ1v) is 10.8. The van der Waals surface area contributed by atoms with Crippen molar-refractivity contribution in [2.24, 2.45) is 0 Å². The van der Waals surface area contributed by atoms with Gasteiger partial charge in [0.15, 0.2) is 5.76 Å². The fraction of sp³-hybridized carbons (Fsp3) is 0.192. The summed E-state index contributed by atoms with van der Waals surface area (Å²) < 4.78 is 6.05. The van der Waals surface area contributed by atoms with Crippen LogP contribution in [-0.2, 0) is 0 Å². The molecule has 1 aliphatic heterocycles. The van der Waals surface area contributed by atoms with Crippen molar-refractivity contribution < 1.29 is 9.21 Å². The average molecular weight is 425 g/mol. The van der Waals surface area contributed by atoms with Crippen LogP contribution in [0.1, 0.15) is 15.9 Å². The lowest BCUT2D eigenvalue weighted by molar-refractivity contribution is 0.0747. The molecule has 0 atom stereocenters. The first-order valence-electron chi connectivity index (χ1n) is 10.8. The summed E-state index contributed by atoms with van der Waals surface area (Å²) in [6, 6.07) is 21.5. The van der Waals surface area contributed by atoms with Crippen LogP contribution in [0.4, 0.5) is 5.82 Å². The molecule has 0 N–H and O–H groups in total. The third-order valence-corrected chi connectivity index (χ3v) is 5.77. The number of carbonyl (C=O) groups is 1. The van der Waals surface area contributed by atoms with Gasteiger partial charge in [-0.1, -0.05) is 48.0 Å². The smallest absolute Gasteiger partial charge is 0.254 e. The number of oxazole rings is 1. The molecule has 6 heteroatoms. The van der Waals surface area contributed by atoms with E-state index in [-0.39, 0.29) is 5.91 Å². The van der Waals surface area contributed by atoms with Gasteiger partial charge in [-0.3, -0.25) is 4.79 Å². The van der Waals surface area contributed by atoms with Gasteiger partial charge < -0.3 is 14.2 Å². The van der Waals surface area contributed by atoms with Gasteiger partial charge in [-0.25, -0.2) is 9.97 Å². The summed E-state index contributed by atoms with van der Waals surface area (Å²) in [5, 5.41) is 0. The zero-order chi connectivity index (χ0) is 21.9. The van der Waals surface area contributed by atoms with Crippen LogP contribution in [0.5, 0.6) is 0 Å². The standard InChI is InChI=1S/C26H24N4O2/c1-19-9-11-20(12-10-19)23-18-28-25(32-23)21-6-2-3-7-22(21)26(31)30-16-14-29(15-17-30)24-8-4-5-13-27-24/h2-13,18H,14-17H2,1H3. The molecule has 2 aromatic heterocycles. The van der Waals surface area contributed by atoms with Crippen LogP contribution in [0, 0.1) is 6.92 Å². The van der Waals surface area contributed by atoms with Gasteiger partial charge in [0.1, 0.15) is 5.82 Å². The van der Waals surface area contributed by atoms with E-state index in [4.69, 9.17) is 4.42 Å². The van der Waals surface area contributed by atoms with E-state index in [1.54, 1.807) is 12.4 Å². The van der Waals surface area contributed by atoms with Crippen molar-refractivity contribution in [3.63, 3.8) is 0 Å². The molecule has 1 fully saturated rings. The Kier molecular flexibility index (Phi) is 5.42. The van der Waals surface area contributed by atoms with Gasteiger partial charge in [0.2, 0.25) is 5.89 Å². The van der Waals surface area contributed by atoms with Gasteiger partial charge in [-0.05, 0) is 31.2 Å². The molecule has 0 bridgehead atoms. The lowest BCUT2D eigenvalue weighted by atomic mass is 10.1. The topological polar surface area (TPSA) is 62.5 Å². The first-order chi connectivity index (χ1) is 15.7. The molecule has 4 aromatic rings. The van der Waals surface area contributed by atoms with Crippen LogP contribution in [0.15, 0.2) is 83.5 Å². The minimum Gasteiger partial charge on any atom is -0.436 e. The zero-order valence-corrected chi connectivity index (χ0v) is 17.9. The minimum absolute atomic E-state index is 0.00337. The summed E-state index contributed by atoms with van der Waals surface area (Å²) >= 11 is 0. The van der Waals surface area contributed by atoms with Crippen molar-refractivity contribution in [1.29, 1.82) is 0 Å². The molecule has 0 spiro atoms. The predicted octanol–water partition coefficient (Wildman–Crippen LogP) is 4.67. The van der Waals surface area contributed by atoms with Gasteiger partial charge in [0, 0.05) is 43.5 Å². The van der Waals surface area contributed by atoms with Crippen LogP contribution in [0.2, 0.25) is 0 Å². The molecule has 1 amide bonds. The number of hydrogen-bond acceptors (Lipinski definition) is 5. The largest absolute Gasteiger partial charge is 0.436 e. The molecule has 32 heavy (non-hydrogen) atoms. The number of hydrogen-bond donors (Lipinski definition) is 0. The predicted molar refractivity (Wildman–Crippen MR) is 124 cm³/mol. The highest BCUT2D eigenvalue weighted by Gasteiger charge is 2.25. The Morgan fingerprint density at radius 3 is 2.38 bits per heavy atom. The molecule has 3 heterocycles. The lowest BCUT2D eigenvalue weighted by Gasteiger charge is -2.35. The third-order valence-electron chi connectivity index (χ3n) is 5.77. The van der Waals surface area contributed by atoms with Crippen LogP contribution >= 0.6 is 0 Å². The summed E-state index contributed by atoms with van der Waals surface area (Å²) in [6.45, 7) is 4.84. The van der Waals surface area contributed by atoms with E-state index in [0.29, 0.717) is 35.9 Å². The van der Waals surface area contributed by atoms with E-state index >= 15 is 0 Å². The summed E-state index contributed by atoms with van der Waals surface area (Å²) in [5.74, 6) is 2.09. The Balaban J connectivity index is 1.35.